The number of aromatic nitrogens is 1. The summed E-state index contributed by atoms with van der Waals surface area (Å²) in [6, 6.07) is 6.11. The molecule has 0 saturated heterocycles. The topological polar surface area (TPSA) is 28.3 Å². The third-order valence-electron chi connectivity index (χ3n) is 3.09. The van der Waals surface area contributed by atoms with Gasteiger partial charge in [0.25, 0.3) is 0 Å². The van der Waals surface area contributed by atoms with Gasteiger partial charge in [-0.3, -0.25) is 0 Å². The van der Waals surface area contributed by atoms with E-state index >= 15 is 0 Å². The van der Waals surface area contributed by atoms with Crippen molar-refractivity contribution in [3.63, 3.8) is 0 Å². The molecule has 1 N–H and O–H groups in total. The van der Waals surface area contributed by atoms with Gasteiger partial charge in [0.2, 0.25) is 0 Å². The molecule has 2 aromatic rings. The molecule has 92 valence electrons. The first-order valence-corrected chi connectivity index (χ1v) is 5.92. The van der Waals surface area contributed by atoms with Crippen molar-refractivity contribution < 1.29 is 4.74 Å². The Morgan fingerprint density at radius 2 is 2.12 bits per heavy atom. The van der Waals surface area contributed by atoms with Crippen LogP contribution in [-0.4, -0.2) is 37.6 Å². The summed E-state index contributed by atoms with van der Waals surface area (Å²) in [5.74, 6) is 1.43. The normalized spacial score (nSPS) is 13.2. The Balaban J connectivity index is 2.47. The van der Waals surface area contributed by atoms with Crippen molar-refractivity contribution in [3.05, 3.63) is 30.0 Å². The molecule has 1 heterocycles. The average molecular weight is 232 g/mol. The van der Waals surface area contributed by atoms with Gasteiger partial charge >= 0.3 is 0 Å². The standard InChI is InChI=1S/C14H20N2O/c1-10(9-16(2)3)11-8-15-12-6-5-7-13(17-4)14(11)12/h5-8,10,15H,9H2,1-4H3. The van der Waals surface area contributed by atoms with Gasteiger partial charge in [-0.1, -0.05) is 13.0 Å². The largest absolute Gasteiger partial charge is 0.496 e. The van der Waals surface area contributed by atoms with Crippen molar-refractivity contribution in [1.82, 2.24) is 9.88 Å². The number of methoxy groups -OCH3 is 1. The van der Waals surface area contributed by atoms with Crippen LogP contribution in [0, 0.1) is 0 Å². The SMILES string of the molecule is COc1cccc2[nH]cc(C(C)CN(C)C)c12. The van der Waals surface area contributed by atoms with E-state index in [0.29, 0.717) is 5.92 Å². The first-order valence-electron chi connectivity index (χ1n) is 5.92. The number of H-pyrrole nitrogens is 1. The van der Waals surface area contributed by atoms with Crippen LogP contribution >= 0.6 is 0 Å². The number of nitrogens with one attached hydrogen (secondary N) is 1. The number of fused-ring (bicyclic) bond motifs is 1. The van der Waals surface area contributed by atoms with E-state index in [9.17, 15) is 0 Å². The highest BCUT2D eigenvalue weighted by Gasteiger charge is 2.15. The number of nitrogens with zero attached hydrogens (tertiary/aromatic N) is 1. The minimum atomic E-state index is 0.482. The Labute approximate surface area is 102 Å². The summed E-state index contributed by atoms with van der Waals surface area (Å²) >= 11 is 0. The third-order valence-corrected chi connectivity index (χ3v) is 3.09. The molecule has 1 unspecified atom stereocenters. The zero-order valence-corrected chi connectivity index (χ0v) is 10.9. The molecule has 0 spiro atoms. The summed E-state index contributed by atoms with van der Waals surface area (Å²) in [4.78, 5) is 5.53. The van der Waals surface area contributed by atoms with Gasteiger partial charge in [-0.15, -0.1) is 0 Å². The fraction of sp³-hybridized carbons (Fsp3) is 0.429. The number of likely N-dealkylation sites (N-methyl/N-ethyl adjacent to an activating group) is 1. The minimum Gasteiger partial charge on any atom is -0.496 e. The molecule has 0 aliphatic heterocycles. The monoisotopic (exact) mass is 232 g/mol. The molecule has 3 nitrogen and oxygen atoms in total. The number of rotatable bonds is 4. The number of ether oxygens (including phenoxy) is 1. The molecule has 0 aliphatic carbocycles. The van der Waals surface area contributed by atoms with E-state index in [1.54, 1.807) is 7.11 Å². The fourth-order valence-electron chi connectivity index (χ4n) is 2.38. The van der Waals surface area contributed by atoms with Gasteiger partial charge in [0.1, 0.15) is 5.75 Å². The van der Waals surface area contributed by atoms with E-state index in [1.165, 1.54) is 10.9 Å². The van der Waals surface area contributed by atoms with Crippen LogP contribution < -0.4 is 4.74 Å². The molecule has 2 rings (SSSR count). The van der Waals surface area contributed by atoms with Gasteiger partial charge < -0.3 is 14.6 Å². The molecule has 1 aromatic heterocycles. The number of benzene rings is 1. The van der Waals surface area contributed by atoms with Crippen LogP contribution in [0.2, 0.25) is 0 Å². The molecule has 0 bridgehead atoms. The van der Waals surface area contributed by atoms with E-state index in [2.05, 4.69) is 43.2 Å². The number of hydrogen-bond donors (Lipinski definition) is 1. The molecule has 1 aromatic carbocycles. The van der Waals surface area contributed by atoms with Crippen molar-refractivity contribution in [3.8, 4) is 5.75 Å². The Morgan fingerprint density at radius 3 is 2.76 bits per heavy atom. The van der Waals surface area contributed by atoms with Crippen molar-refractivity contribution >= 4 is 10.9 Å². The van der Waals surface area contributed by atoms with Gasteiger partial charge in [0, 0.05) is 23.6 Å². The van der Waals surface area contributed by atoms with Crippen molar-refractivity contribution in [1.29, 1.82) is 0 Å². The Bertz CT molecular complexity index is 502. The highest BCUT2D eigenvalue weighted by molar-refractivity contribution is 5.89. The lowest BCUT2D eigenvalue weighted by molar-refractivity contribution is 0.383. The summed E-state index contributed by atoms with van der Waals surface area (Å²) in [5, 5.41) is 1.21. The molecule has 0 saturated carbocycles. The van der Waals surface area contributed by atoms with Crippen LogP contribution in [0.5, 0.6) is 5.75 Å². The molecular weight excluding hydrogens is 212 g/mol. The number of hydrogen-bond acceptors (Lipinski definition) is 2. The molecule has 0 aliphatic rings. The van der Waals surface area contributed by atoms with E-state index in [-0.39, 0.29) is 0 Å². The zero-order chi connectivity index (χ0) is 12.4. The van der Waals surface area contributed by atoms with E-state index < -0.39 is 0 Å². The van der Waals surface area contributed by atoms with Gasteiger partial charge in [-0.2, -0.15) is 0 Å². The smallest absolute Gasteiger partial charge is 0.128 e. The van der Waals surface area contributed by atoms with Crippen LogP contribution in [0.25, 0.3) is 10.9 Å². The molecule has 1 atom stereocenters. The molecule has 3 heteroatoms. The van der Waals surface area contributed by atoms with Crippen molar-refractivity contribution in [2.45, 2.75) is 12.8 Å². The summed E-state index contributed by atoms with van der Waals surface area (Å²) in [6.07, 6.45) is 2.10. The zero-order valence-electron chi connectivity index (χ0n) is 10.9. The third kappa shape index (κ3) is 2.29. The lowest BCUT2D eigenvalue weighted by Gasteiger charge is -2.17. The van der Waals surface area contributed by atoms with Gasteiger partial charge in [-0.05, 0) is 37.7 Å². The average Bonchev–Trinajstić information content (AvgIpc) is 2.71. The molecule has 17 heavy (non-hydrogen) atoms. The van der Waals surface area contributed by atoms with Crippen LogP contribution in [0.1, 0.15) is 18.4 Å². The van der Waals surface area contributed by atoms with Crippen molar-refractivity contribution in [2.75, 3.05) is 27.7 Å². The Morgan fingerprint density at radius 1 is 1.35 bits per heavy atom. The minimum absolute atomic E-state index is 0.482. The van der Waals surface area contributed by atoms with Gasteiger partial charge in [-0.25, -0.2) is 0 Å². The quantitative estimate of drug-likeness (QED) is 0.878. The van der Waals surface area contributed by atoms with E-state index in [4.69, 9.17) is 4.74 Å². The second kappa shape index (κ2) is 4.80. The second-order valence-corrected chi connectivity index (χ2v) is 4.79. The second-order valence-electron chi connectivity index (χ2n) is 4.79. The molecular formula is C14H20N2O. The van der Waals surface area contributed by atoms with Crippen LogP contribution in [0.3, 0.4) is 0 Å². The lowest BCUT2D eigenvalue weighted by atomic mass is 9.99. The Hall–Kier alpha value is -1.48. The lowest BCUT2D eigenvalue weighted by Crippen LogP contribution is -2.18. The molecule has 0 radical (unpaired) electrons. The van der Waals surface area contributed by atoms with Crippen LogP contribution in [0.15, 0.2) is 24.4 Å². The summed E-state index contributed by atoms with van der Waals surface area (Å²) in [6.45, 7) is 3.28. The van der Waals surface area contributed by atoms with E-state index in [0.717, 1.165) is 17.8 Å². The van der Waals surface area contributed by atoms with Gasteiger partial charge in [0.05, 0.1) is 7.11 Å². The predicted octanol–water partition coefficient (Wildman–Crippen LogP) is 2.84. The maximum Gasteiger partial charge on any atom is 0.128 e. The van der Waals surface area contributed by atoms with Crippen LogP contribution in [-0.2, 0) is 0 Å². The summed E-state index contributed by atoms with van der Waals surface area (Å²) in [5.41, 5.74) is 2.47. The maximum absolute atomic E-state index is 5.45. The Kier molecular flexibility index (Phi) is 3.38. The fourth-order valence-corrected chi connectivity index (χ4v) is 2.38. The number of aromatic amines is 1. The molecule has 0 fully saturated rings. The highest BCUT2D eigenvalue weighted by atomic mass is 16.5. The van der Waals surface area contributed by atoms with Crippen molar-refractivity contribution in [2.24, 2.45) is 0 Å². The highest BCUT2D eigenvalue weighted by Crippen LogP contribution is 2.32. The first kappa shape index (κ1) is 12.0. The predicted molar refractivity (Wildman–Crippen MR) is 71.8 cm³/mol. The summed E-state index contributed by atoms with van der Waals surface area (Å²) < 4.78 is 5.45. The van der Waals surface area contributed by atoms with Gasteiger partial charge in [0.15, 0.2) is 0 Å². The molecule has 0 amide bonds. The summed E-state index contributed by atoms with van der Waals surface area (Å²) in [7, 11) is 5.92. The maximum atomic E-state index is 5.45. The first-order chi connectivity index (χ1) is 8.13. The van der Waals surface area contributed by atoms with E-state index in [1.807, 2.05) is 12.1 Å². The van der Waals surface area contributed by atoms with Crippen LogP contribution in [0.4, 0.5) is 0 Å².